The fourth-order valence-corrected chi connectivity index (χ4v) is 3.45. The van der Waals surface area contributed by atoms with Crippen molar-refractivity contribution in [3.63, 3.8) is 0 Å². The molecule has 3 rings (SSSR count). The van der Waals surface area contributed by atoms with Gasteiger partial charge in [0.05, 0.1) is 12.1 Å². The van der Waals surface area contributed by atoms with Gasteiger partial charge in [-0.25, -0.2) is 0 Å². The first-order valence-electron chi connectivity index (χ1n) is 6.48. The summed E-state index contributed by atoms with van der Waals surface area (Å²) in [4.78, 5) is 13.9. The Morgan fingerprint density at radius 1 is 1.44 bits per heavy atom. The van der Waals surface area contributed by atoms with Crippen LogP contribution in [0.25, 0.3) is 0 Å². The van der Waals surface area contributed by atoms with Crippen LogP contribution in [0.5, 0.6) is 0 Å². The molecule has 0 aromatic heterocycles. The highest BCUT2D eigenvalue weighted by molar-refractivity contribution is 9.10. The predicted molar refractivity (Wildman–Crippen MR) is 75.6 cm³/mol. The van der Waals surface area contributed by atoms with Crippen molar-refractivity contribution in [1.82, 2.24) is 4.90 Å². The molecule has 0 aliphatic carbocycles. The third kappa shape index (κ3) is 1.92. The number of carbonyl (C=O) groups is 1. The number of amides is 1. The van der Waals surface area contributed by atoms with Crippen LogP contribution in [-0.4, -0.2) is 29.4 Å². The summed E-state index contributed by atoms with van der Waals surface area (Å²) in [5.41, 5.74) is 2.31. The maximum atomic E-state index is 11.9. The van der Waals surface area contributed by atoms with E-state index in [1.165, 1.54) is 5.56 Å². The standard InChI is InChI=1S/C14H17BrN2O/c1-9-4-2-5-10(14(9)15)16-11-8-13(18)17-7-3-6-12(11)17/h2,4-5,11-12,16H,3,6-8H2,1H3. The fraction of sp³-hybridized carbons (Fsp3) is 0.500. The molecule has 0 spiro atoms. The normalized spacial score (nSPS) is 26.6. The lowest BCUT2D eigenvalue weighted by atomic mass is 10.1. The maximum Gasteiger partial charge on any atom is 0.225 e. The molecule has 1 amide bonds. The molecule has 3 nitrogen and oxygen atoms in total. The van der Waals surface area contributed by atoms with E-state index in [9.17, 15) is 4.79 Å². The summed E-state index contributed by atoms with van der Waals surface area (Å²) in [6.07, 6.45) is 2.90. The molecule has 96 valence electrons. The molecular formula is C14H17BrN2O. The van der Waals surface area contributed by atoms with Crippen LogP contribution < -0.4 is 5.32 Å². The van der Waals surface area contributed by atoms with Gasteiger partial charge in [-0.1, -0.05) is 12.1 Å². The minimum Gasteiger partial charge on any atom is -0.379 e. The molecule has 2 fully saturated rings. The van der Waals surface area contributed by atoms with Gasteiger partial charge < -0.3 is 10.2 Å². The second kappa shape index (κ2) is 4.57. The molecule has 1 N–H and O–H groups in total. The average Bonchev–Trinajstić information content (AvgIpc) is 2.91. The number of hydrogen-bond donors (Lipinski definition) is 1. The molecular weight excluding hydrogens is 292 g/mol. The predicted octanol–water partition coefficient (Wildman–Crippen LogP) is 2.93. The summed E-state index contributed by atoms with van der Waals surface area (Å²) in [6.45, 7) is 3.02. The van der Waals surface area contributed by atoms with Crippen LogP contribution in [0.15, 0.2) is 22.7 Å². The Hall–Kier alpha value is -1.03. The molecule has 2 atom stereocenters. The molecule has 0 radical (unpaired) electrons. The lowest BCUT2D eigenvalue weighted by Gasteiger charge is -2.22. The Labute approximate surface area is 116 Å². The Kier molecular flexibility index (Phi) is 3.06. The van der Waals surface area contributed by atoms with E-state index in [1.807, 2.05) is 11.0 Å². The molecule has 2 saturated heterocycles. The number of anilines is 1. The lowest BCUT2D eigenvalue weighted by molar-refractivity contribution is -0.127. The van der Waals surface area contributed by atoms with Crippen LogP contribution in [0.1, 0.15) is 24.8 Å². The van der Waals surface area contributed by atoms with E-state index in [2.05, 4.69) is 40.3 Å². The van der Waals surface area contributed by atoms with Crippen LogP contribution in [-0.2, 0) is 4.79 Å². The number of benzene rings is 1. The van der Waals surface area contributed by atoms with E-state index in [-0.39, 0.29) is 6.04 Å². The average molecular weight is 309 g/mol. The van der Waals surface area contributed by atoms with E-state index in [4.69, 9.17) is 0 Å². The van der Waals surface area contributed by atoms with E-state index in [0.29, 0.717) is 18.4 Å². The largest absolute Gasteiger partial charge is 0.379 e. The number of nitrogens with zero attached hydrogens (tertiary/aromatic N) is 1. The monoisotopic (exact) mass is 308 g/mol. The molecule has 0 bridgehead atoms. The highest BCUT2D eigenvalue weighted by atomic mass is 79.9. The SMILES string of the molecule is Cc1cccc(NC2CC(=O)N3CCCC23)c1Br. The van der Waals surface area contributed by atoms with Crippen molar-refractivity contribution in [2.75, 3.05) is 11.9 Å². The second-order valence-corrected chi connectivity index (χ2v) is 5.98. The molecule has 1 aromatic rings. The number of halogens is 1. The smallest absolute Gasteiger partial charge is 0.225 e. The van der Waals surface area contributed by atoms with E-state index >= 15 is 0 Å². The molecule has 2 heterocycles. The van der Waals surface area contributed by atoms with Gasteiger partial charge in [-0.15, -0.1) is 0 Å². The summed E-state index contributed by atoms with van der Waals surface area (Å²) < 4.78 is 1.11. The van der Waals surface area contributed by atoms with Crippen molar-refractivity contribution in [2.45, 2.75) is 38.3 Å². The zero-order valence-electron chi connectivity index (χ0n) is 10.4. The molecule has 0 saturated carbocycles. The molecule has 1 aromatic carbocycles. The van der Waals surface area contributed by atoms with Gasteiger partial charge in [0.25, 0.3) is 0 Å². The first-order chi connectivity index (χ1) is 8.66. The van der Waals surface area contributed by atoms with Gasteiger partial charge in [0.2, 0.25) is 5.91 Å². The summed E-state index contributed by atoms with van der Waals surface area (Å²) in [5.74, 6) is 0.304. The van der Waals surface area contributed by atoms with Gasteiger partial charge in [0.15, 0.2) is 0 Å². The van der Waals surface area contributed by atoms with Gasteiger partial charge in [0, 0.05) is 23.1 Å². The van der Waals surface area contributed by atoms with Crippen molar-refractivity contribution in [3.8, 4) is 0 Å². The topological polar surface area (TPSA) is 32.3 Å². The minimum atomic E-state index is 0.262. The zero-order chi connectivity index (χ0) is 12.7. The van der Waals surface area contributed by atoms with Gasteiger partial charge in [0.1, 0.15) is 0 Å². The number of hydrogen-bond acceptors (Lipinski definition) is 2. The number of aryl methyl sites for hydroxylation is 1. The van der Waals surface area contributed by atoms with Crippen molar-refractivity contribution in [2.24, 2.45) is 0 Å². The molecule has 2 unspecified atom stereocenters. The summed E-state index contributed by atoms with van der Waals surface area (Å²) in [7, 11) is 0. The molecule has 2 aliphatic heterocycles. The van der Waals surface area contributed by atoms with Crippen molar-refractivity contribution >= 4 is 27.5 Å². The third-order valence-electron chi connectivity index (χ3n) is 4.01. The van der Waals surface area contributed by atoms with Gasteiger partial charge in [-0.3, -0.25) is 4.79 Å². The van der Waals surface area contributed by atoms with Crippen LogP contribution in [0.3, 0.4) is 0 Å². The van der Waals surface area contributed by atoms with Gasteiger partial charge in [-0.2, -0.15) is 0 Å². The number of carbonyl (C=O) groups excluding carboxylic acids is 1. The van der Waals surface area contributed by atoms with E-state index in [0.717, 1.165) is 29.5 Å². The Morgan fingerprint density at radius 2 is 2.28 bits per heavy atom. The molecule has 2 aliphatic rings. The summed E-state index contributed by atoms with van der Waals surface area (Å²) >= 11 is 3.61. The van der Waals surface area contributed by atoms with E-state index in [1.54, 1.807) is 0 Å². The number of nitrogens with one attached hydrogen (secondary N) is 1. The highest BCUT2D eigenvalue weighted by Gasteiger charge is 2.42. The first kappa shape index (κ1) is 12.0. The van der Waals surface area contributed by atoms with Crippen LogP contribution >= 0.6 is 15.9 Å². The first-order valence-corrected chi connectivity index (χ1v) is 7.27. The number of fused-ring (bicyclic) bond motifs is 1. The number of rotatable bonds is 2. The van der Waals surface area contributed by atoms with Crippen molar-refractivity contribution in [3.05, 3.63) is 28.2 Å². The second-order valence-electron chi connectivity index (χ2n) is 5.19. The Morgan fingerprint density at radius 3 is 3.11 bits per heavy atom. The highest BCUT2D eigenvalue weighted by Crippen LogP contribution is 2.33. The zero-order valence-corrected chi connectivity index (χ0v) is 12.0. The third-order valence-corrected chi connectivity index (χ3v) is 5.06. The maximum absolute atomic E-state index is 11.9. The molecule has 4 heteroatoms. The minimum absolute atomic E-state index is 0.262. The summed E-state index contributed by atoms with van der Waals surface area (Å²) in [5, 5.41) is 3.54. The fourth-order valence-electron chi connectivity index (χ4n) is 3.07. The lowest BCUT2D eigenvalue weighted by Crippen LogP contribution is -2.34. The van der Waals surface area contributed by atoms with Crippen LogP contribution in [0, 0.1) is 6.92 Å². The van der Waals surface area contributed by atoms with Gasteiger partial charge in [-0.05, 0) is 47.3 Å². The van der Waals surface area contributed by atoms with Crippen LogP contribution in [0.4, 0.5) is 5.69 Å². The van der Waals surface area contributed by atoms with Crippen LogP contribution in [0.2, 0.25) is 0 Å². The van der Waals surface area contributed by atoms with E-state index < -0.39 is 0 Å². The quantitative estimate of drug-likeness (QED) is 0.911. The van der Waals surface area contributed by atoms with Gasteiger partial charge >= 0.3 is 0 Å². The Bertz CT molecular complexity index is 489. The molecule has 18 heavy (non-hydrogen) atoms. The van der Waals surface area contributed by atoms with Crippen molar-refractivity contribution in [1.29, 1.82) is 0 Å². The van der Waals surface area contributed by atoms with Crippen molar-refractivity contribution < 1.29 is 4.79 Å². The Balaban J connectivity index is 1.81. The summed E-state index contributed by atoms with van der Waals surface area (Å²) in [6, 6.07) is 6.85.